The molecule has 0 amide bonds. The summed E-state index contributed by atoms with van der Waals surface area (Å²) in [6.07, 6.45) is 6.42. The van der Waals surface area contributed by atoms with Gasteiger partial charge in [-0.25, -0.2) is 0 Å². The maximum absolute atomic E-state index is 4.60. The van der Waals surface area contributed by atoms with Crippen LogP contribution in [-0.4, -0.2) is 4.98 Å². The van der Waals surface area contributed by atoms with Crippen LogP contribution < -0.4 is 0 Å². The highest BCUT2D eigenvalue weighted by Gasteiger charge is 2.13. The Morgan fingerprint density at radius 1 is 0.609 bits per heavy atom. The van der Waals surface area contributed by atoms with Gasteiger partial charge < -0.3 is 0 Å². The summed E-state index contributed by atoms with van der Waals surface area (Å²) in [5.41, 5.74) is 4.04. The van der Waals surface area contributed by atoms with Crippen molar-refractivity contribution in [1.82, 2.24) is 4.98 Å². The fourth-order valence-electron chi connectivity index (χ4n) is 3.03. The maximum atomic E-state index is 4.60. The molecule has 0 saturated carbocycles. The summed E-state index contributed by atoms with van der Waals surface area (Å²) in [6, 6.07) is 27.8. The average molecular weight is 301 g/mol. The summed E-state index contributed by atoms with van der Waals surface area (Å²) >= 11 is 0. The molecule has 1 nitrogen and oxygen atoms in total. The minimum absolute atomic E-state index is 0.511. The molecular weight excluding hydrogens is 278 g/mol. The van der Waals surface area contributed by atoms with Crippen LogP contribution in [0.4, 0.5) is 0 Å². The van der Waals surface area contributed by atoms with Crippen molar-refractivity contribution in [1.29, 1.82) is 0 Å². The van der Waals surface area contributed by atoms with Crippen molar-refractivity contribution in [3.8, 4) is 0 Å². The Morgan fingerprint density at radius 2 is 1.13 bits per heavy atom. The fraction of sp³-hybridized carbons (Fsp3) is 0.227. The minimum Gasteiger partial charge on any atom is -0.261 e. The summed E-state index contributed by atoms with van der Waals surface area (Å²) in [5, 5.41) is 0. The van der Waals surface area contributed by atoms with E-state index in [9.17, 15) is 0 Å². The highest BCUT2D eigenvalue weighted by Crippen LogP contribution is 2.25. The Labute approximate surface area is 139 Å². The predicted octanol–water partition coefficient (Wildman–Crippen LogP) is 5.43. The molecule has 1 aromatic heterocycles. The molecule has 116 valence electrons. The molecule has 0 spiro atoms. The molecule has 0 atom stereocenters. The van der Waals surface area contributed by atoms with Crippen LogP contribution in [0.1, 0.15) is 35.6 Å². The largest absolute Gasteiger partial charge is 0.261 e. The number of rotatable bonds is 7. The molecule has 1 heteroatoms. The molecule has 0 saturated heterocycles. The lowest BCUT2D eigenvalue weighted by atomic mass is 9.90. The third-order valence-electron chi connectivity index (χ3n) is 4.35. The standard InChI is InChI=1S/C22H23N/c1-3-9-19(10-4-1)14-16-21(22-13-7-8-18-23-22)17-15-20-11-5-2-6-12-20/h1-13,18,21H,14-17H2. The highest BCUT2D eigenvalue weighted by atomic mass is 14.7. The maximum Gasteiger partial charge on any atom is 0.0434 e. The van der Waals surface area contributed by atoms with Gasteiger partial charge in [-0.2, -0.15) is 0 Å². The minimum atomic E-state index is 0.511. The van der Waals surface area contributed by atoms with Gasteiger partial charge in [0.1, 0.15) is 0 Å². The van der Waals surface area contributed by atoms with Crippen LogP contribution in [0.25, 0.3) is 0 Å². The third kappa shape index (κ3) is 4.79. The number of aryl methyl sites for hydroxylation is 2. The summed E-state index contributed by atoms with van der Waals surface area (Å²) in [4.78, 5) is 4.60. The van der Waals surface area contributed by atoms with Crippen molar-refractivity contribution < 1.29 is 0 Å². The second-order valence-corrected chi connectivity index (χ2v) is 6.00. The Bertz CT molecular complexity index is 633. The molecular formula is C22H23N. The monoisotopic (exact) mass is 301 g/mol. The lowest BCUT2D eigenvalue weighted by molar-refractivity contribution is 0.563. The van der Waals surface area contributed by atoms with Gasteiger partial charge in [0.2, 0.25) is 0 Å². The number of nitrogens with zero attached hydrogens (tertiary/aromatic N) is 1. The van der Waals surface area contributed by atoms with E-state index in [0.717, 1.165) is 25.7 Å². The van der Waals surface area contributed by atoms with E-state index in [1.807, 2.05) is 12.3 Å². The van der Waals surface area contributed by atoms with Crippen molar-refractivity contribution in [3.63, 3.8) is 0 Å². The number of hydrogen-bond acceptors (Lipinski definition) is 1. The smallest absolute Gasteiger partial charge is 0.0434 e. The highest BCUT2D eigenvalue weighted by molar-refractivity contribution is 5.18. The van der Waals surface area contributed by atoms with Crippen LogP contribution in [0.5, 0.6) is 0 Å². The van der Waals surface area contributed by atoms with Crippen LogP contribution in [0, 0.1) is 0 Å². The molecule has 0 fully saturated rings. The first-order chi connectivity index (χ1) is 11.4. The zero-order chi connectivity index (χ0) is 15.7. The van der Waals surface area contributed by atoms with Gasteiger partial charge in [-0.3, -0.25) is 4.98 Å². The van der Waals surface area contributed by atoms with Crippen LogP contribution in [-0.2, 0) is 12.8 Å². The molecule has 0 radical (unpaired) electrons. The number of benzene rings is 2. The first-order valence-corrected chi connectivity index (χ1v) is 8.40. The van der Waals surface area contributed by atoms with Crippen LogP contribution in [0.3, 0.4) is 0 Å². The van der Waals surface area contributed by atoms with Crippen LogP contribution >= 0.6 is 0 Å². The number of aromatic nitrogens is 1. The van der Waals surface area contributed by atoms with E-state index < -0.39 is 0 Å². The predicted molar refractivity (Wildman–Crippen MR) is 96.5 cm³/mol. The molecule has 0 unspecified atom stereocenters. The molecule has 3 rings (SSSR count). The van der Waals surface area contributed by atoms with E-state index in [4.69, 9.17) is 0 Å². The quantitative estimate of drug-likeness (QED) is 0.567. The Balaban J connectivity index is 1.66. The van der Waals surface area contributed by atoms with E-state index in [0.29, 0.717) is 5.92 Å². The molecule has 3 aromatic rings. The molecule has 1 heterocycles. The normalized spacial score (nSPS) is 10.8. The Hall–Kier alpha value is -2.41. The van der Waals surface area contributed by atoms with Gasteiger partial charge in [0.05, 0.1) is 0 Å². The number of pyridine rings is 1. The van der Waals surface area contributed by atoms with E-state index >= 15 is 0 Å². The van der Waals surface area contributed by atoms with E-state index in [1.165, 1.54) is 16.8 Å². The lowest BCUT2D eigenvalue weighted by Gasteiger charge is -2.16. The van der Waals surface area contributed by atoms with Crippen molar-refractivity contribution in [2.24, 2.45) is 0 Å². The van der Waals surface area contributed by atoms with Crippen LogP contribution in [0.15, 0.2) is 85.1 Å². The third-order valence-corrected chi connectivity index (χ3v) is 4.35. The molecule has 0 bridgehead atoms. The SMILES string of the molecule is c1ccc(CCC(CCc2ccccc2)c2ccccn2)cc1. The molecule has 0 N–H and O–H groups in total. The Morgan fingerprint density at radius 3 is 1.61 bits per heavy atom. The Kier molecular flexibility index (Phi) is 5.58. The summed E-state index contributed by atoms with van der Waals surface area (Å²) in [7, 11) is 0. The zero-order valence-corrected chi connectivity index (χ0v) is 13.4. The van der Waals surface area contributed by atoms with Crippen molar-refractivity contribution >= 4 is 0 Å². The topological polar surface area (TPSA) is 12.9 Å². The van der Waals surface area contributed by atoms with Gasteiger partial charge in [0.15, 0.2) is 0 Å². The van der Waals surface area contributed by atoms with E-state index in [-0.39, 0.29) is 0 Å². The van der Waals surface area contributed by atoms with Crippen molar-refractivity contribution in [2.45, 2.75) is 31.6 Å². The summed E-state index contributed by atoms with van der Waals surface area (Å²) < 4.78 is 0. The number of hydrogen-bond donors (Lipinski definition) is 0. The lowest BCUT2D eigenvalue weighted by Crippen LogP contribution is -2.05. The second-order valence-electron chi connectivity index (χ2n) is 6.00. The van der Waals surface area contributed by atoms with Crippen LogP contribution in [0.2, 0.25) is 0 Å². The molecule has 23 heavy (non-hydrogen) atoms. The van der Waals surface area contributed by atoms with Gasteiger partial charge >= 0.3 is 0 Å². The first-order valence-electron chi connectivity index (χ1n) is 8.40. The average Bonchev–Trinajstić information content (AvgIpc) is 2.64. The van der Waals surface area contributed by atoms with E-state index in [2.05, 4.69) is 77.8 Å². The zero-order valence-electron chi connectivity index (χ0n) is 13.4. The molecule has 0 aliphatic heterocycles. The van der Waals surface area contributed by atoms with Gasteiger partial charge in [-0.05, 0) is 48.9 Å². The van der Waals surface area contributed by atoms with Gasteiger partial charge in [-0.15, -0.1) is 0 Å². The van der Waals surface area contributed by atoms with Crippen molar-refractivity contribution in [3.05, 3.63) is 102 Å². The van der Waals surface area contributed by atoms with Gasteiger partial charge in [0.25, 0.3) is 0 Å². The fourth-order valence-corrected chi connectivity index (χ4v) is 3.03. The first kappa shape index (κ1) is 15.5. The van der Waals surface area contributed by atoms with Gasteiger partial charge in [-0.1, -0.05) is 66.7 Å². The second kappa shape index (κ2) is 8.28. The van der Waals surface area contributed by atoms with E-state index in [1.54, 1.807) is 0 Å². The molecule has 0 aliphatic carbocycles. The van der Waals surface area contributed by atoms with Gasteiger partial charge in [0, 0.05) is 17.8 Å². The van der Waals surface area contributed by atoms with Crippen molar-refractivity contribution in [2.75, 3.05) is 0 Å². The summed E-state index contributed by atoms with van der Waals surface area (Å²) in [5.74, 6) is 0.511. The summed E-state index contributed by atoms with van der Waals surface area (Å²) in [6.45, 7) is 0. The molecule has 2 aromatic carbocycles. The molecule has 0 aliphatic rings.